The largest absolute Gasteiger partial charge is 0.416 e. The van der Waals surface area contributed by atoms with Crippen LogP contribution in [0.15, 0.2) is 54.1 Å². The number of aliphatic hydroxyl groups excluding tert-OH is 1. The third kappa shape index (κ3) is 2.55. The molecule has 2 aromatic carbocycles. The van der Waals surface area contributed by atoms with Gasteiger partial charge in [0.25, 0.3) is 0 Å². The summed E-state index contributed by atoms with van der Waals surface area (Å²) in [4.78, 5) is 0. The van der Waals surface area contributed by atoms with Gasteiger partial charge in [-0.2, -0.15) is 13.2 Å². The molecule has 1 nitrogen and oxygen atoms in total. The minimum absolute atomic E-state index is 0.503. The van der Waals surface area contributed by atoms with Gasteiger partial charge in [0.2, 0.25) is 0 Å². The molecular weight excluding hydrogens is 289 g/mol. The van der Waals surface area contributed by atoms with Crippen LogP contribution in [0.3, 0.4) is 0 Å². The zero-order chi connectivity index (χ0) is 15.9. The Morgan fingerprint density at radius 3 is 2.36 bits per heavy atom. The van der Waals surface area contributed by atoms with Crippen molar-refractivity contribution in [1.82, 2.24) is 0 Å². The zero-order valence-electron chi connectivity index (χ0n) is 12.0. The van der Waals surface area contributed by atoms with Crippen LogP contribution in [0.5, 0.6) is 0 Å². The minimum Gasteiger partial charge on any atom is -0.384 e. The lowest BCUT2D eigenvalue weighted by Crippen LogP contribution is -2.07. The molecule has 0 bridgehead atoms. The lowest BCUT2D eigenvalue weighted by Gasteiger charge is -2.17. The topological polar surface area (TPSA) is 20.2 Å². The Morgan fingerprint density at radius 2 is 1.73 bits per heavy atom. The van der Waals surface area contributed by atoms with Crippen molar-refractivity contribution in [2.75, 3.05) is 0 Å². The third-order valence-electron chi connectivity index (χ3n) is 4.03. The second-order valence-corrected chi connectivity index (χ2v) is 5.55. The van der Waals surface area contributed by atoms with Crippen LogP contribution in [0.25, 0.3) is 5.57 Å². The van der Waals surface area contributed by atoms with E-state index < -0.39 is 17.8 Å². The monoisotopic (exact) mass is 304 g/mol. The van der Waals surface area contributed by atoms with E-state index in [9.17, 15) is 18.3 Å². The Balaban J connectivity index is 2.07. The summed E-state index contributed by atoms with van der Waals surface area (Å²) in [6.45, 7) is 1.86. The molecule has 2 aromatic rings. The SMILES string of the molecule is CC1=C(C(O)c2ccccc2)c2cc(C(F)(F)F)ccc2C1. The Hall–Kier alpha value is -2.07. The predicted molar refractivity (Wildman–Crippen MR) is 79.1 cm³/mol. The Kier molecular flexibility index (Phi) is 3.57. The number of hydrogen-bond donors (Lipinski definition) is 1. The van der Waals surface area contributed by atoms with Crippen molar-refractivity contribution < 1.29 is 18.3 Å². The van der Waals surface area contributed by atoms with Gasteiger partial charge in [-0.3, -0.25) is 0 Å². The first-order chi connectivity index (χ1) is 10.4. The van der Waals surface area contributed by atoms with Gasteiger partial charge in [-0.1, -0.05) is 42.0 Å². The number of aliphatic hydroxyl groups is 1. The summed E-state index contributed by atoms with van der Waals surface area (Å²) < 4.78 is 38.8. The standard InChI is InChI=1S/C18H15F3O/c1-11-9-13-7-8-14(18(19,20)21)10-15(13)16(11)17(22)12-5-3-2-4-6-12/h2-8,10,17,22H,9H2,1H3. The highest BCUT2D eigenvalue weighted by atomic mass is 19.4. The van der Waals surface area contributed by atoms with Gasteiger partial charge in [0.15, 0.2) is 0 Å². The summed E-state index contributed by atoms with van der Waals surface area (Å²) in [6.07, 6.45) is -4.72. The summed E-state index contributed by atoms with van der Waals surface area (Å²) in [5.41, 5.74) is 2.83. The fourth-order valence-electron chi connectivity index (χ4n) is 2.95. The smallest absolute Gasteiger partial charge is 0.384 e. The summed E-state index contributed by atoms with van der Waals surface area (Å²) in [5.74, 6) is 0. The van der Waals surface area contributed by atoms with Crippen molar-refractivity contribution in [2.45, 2.75) is 25.6 Å². The van der Waals surface area contributed by atoms with Gasteiger partial charge in [-0.15, -0.1) is 0 Å². The number of allylic oxidation sites excluding steroid dienone is 1. The van der Waals surface area contributed by atoms with Gasteiger partial charge in [-0.05, 0) is 47.7 Å². The van der Waals surface area contributed by atoms with Crippen LogP contribution < -0.4 is 0 Å². The van der Waals surface area contributed by atoms with E-state index in [4.69, 9.17) is 0 Å². The van der Waals surface area contributed by atoms with Gasteiger partial charge in [0.05, 0.1) is 5.56 Å². The van der Waals surface area contributed by atoms with Crippen LogP contribution in [0.1, 0.15) is 35.3 Å². The quantitative estimate of drug-likeness (QED) is 0.847. The summed E-state index contributed by atoms with van der Waals surface area (Å²) in [5, 5.41) is 10.6. The van der Waals surface area contributed by atoms with Crippen molar-refractivity contribution in [3.05, 3.63) is 76.4 Å². The number of halogens is 3. The molecule has 0 aromatic heterocycles. The molecule has 4 heteroatoms. The Labute approximate surface area is 126 Å². The van der Waals surface area contributed by atoms with E-state index in [0.29, 0.717) is 23.1 Å². The van der Waals surface area contributed by atoms with Crippen LogP contribution in [0, 0.1) is 0 Å². The Morgan fingerprint density at radius 1 is 1.05 bits per heavy atom. The molecule has 0 spiro atoms. The van der Waals surface area contributed by atoms with E-state index in [0.717, 1.165) is 23.3 Å². The van der Waals surface area contributed by atoms with Gasteiger partial charge >= 0.3 is 6.18 Å². The first kappa shape index (κ1) is 14.9. The second kappa shape index (κ2) is 5.29. The molecule has 0 saturated carbocycles. The number of rotatable bonds is 2. The van der Waals surface area contributed by atoms with Crippen molar-refractivity contribution in [1.29, 1.82) is 0 Å². The van der Waals surface area contributed by atoms with E-state index in [-0.39, 0.29) is 0 Å². The maximum Gasteiger partial charge on any atom is 0.416 e. The van der Waals surface area contributed by atoms with E-state index >= 15 is 0 Å². The summed E-state index contributed by atoms with van der Waals surface area (Å²) in [7, 11) is 0. The average molecular weight is 304 g/mol. The maximum atomic E-state index is 12.9. The molecule has 0 radical (unpaired) electrons. The van der Waals surface area contributed by atoms with Crippen molar-refractivity contribution in [3.63, 3.8) is 0 Å². The van der Waals surface area contributed by atoms with Gasteiger partial charge in [0, 0.05) is 0 Å². The maximum absolute atomic E-state index is 12.9. The van der Waals surface area contributed by atoms with Crippen LogP contribution in [0.4, 0.5) is 13.2 Å². The number of benzene rings is 2. The molecule has 114 valence electrons. The lowest BCUT2D eigenvalue weighted by molar-refractivity contribution is -0.137. The molecule has 0 aliphatic heterocycles. The molecular formula is C18H15F3O. The molecule has 3 rings (SSSR count). The van der Waals surface area contributed by atoms with E-state index in [1.54, 1.807) is 24.3 Å². The molecule has 0 fully saturated rings. The molecule has 0 saturated heterocycles. The normalized spacial score (nSPS) is 15.9. The number of fused-ring (bicyclic) bond motifs is 1. The van der Waals surface area contributed by atoms with Gasteiger partial charge in [-0.25, -0.2) is 0 Å². The first-order valence-corrected chi connectivity index (χ1v) is 7.01. The summed E-state index contributed by atoms with van der Waals surface area (Å²) >= 11 is 0. The highest BCUT2D eigenvalue weighted by molar-refractivity contribution is 5.79. The summed E-state index contributed by atoms with van der Waals surface area (Å²) in [6, 6.07) is 12.7. The van der Waals surface area contributed by atoms with Crippen molar-refractivity contribution in [2.24, 2.45) is 0 Å². The van der Waals surface area contributed by atoms with Crippen molar-refractivity contribution >= 4 is 5.57 Å². The molecule has 22 heavy (non-hydrogen) atoms. The van der Waals surface area contributed by atoms with Crippen LogP contribution in [0.2, 0.25) is 0 Å². The molecule has 0 heterocycles. The number of hydrogen-bond acceptors (Lipinski definition) is 1. The highest BCUT2D eigenvalue weighted by Gasteiger charge is 2.33. The zero-order valence-corrected chi connectivity index (χ0v) is 12.0. The predicted octanol–water partition coefficient (Wildman–Crippen LogP) is 4.77. The molecule has 1 aliphatic carbocycles. The average Bonchev–Trinajstić information content (AvgIpc) is 2.81. The van der Waals surface area contributed by atoms with Crippen molar-refractivity contribution in [3.8, 4) is 0 Å². The molecule has 1 aliphatic rings. The van der Waals surface area contributed by atoms with Crippen LogP contribution in [-0.2, 0) is 12.6 Å². The minimum atomic E-state index is -4.38. The fourth-order valence-corrected chi connectivity index (χ4v) is 2.95. The fraction of sp³-hybridized carbons (Fsp3) is 0.222. The first-order valence-electron chi connectivity index (χ1n) is 7.01. The lowest BCUT2D eigenvalue weighted by atomic mass is 9.94. The van der Waals surface area contributed by atoms with E-state index in [2.05, 4.69) is 0 Å². The highest BCUT2D eigenvalue weighted by Crippen LogP contribution is 2.43. The van der Waals surface area contributed by atoms with Gasteiger partial charge < -0.3 is 5.11 Å². The van der Waals surface area contributed by atoms with Crippen LogP contribution in [-0.4, -0.2) is 5.11 Å². The van der Waals surface area contributed by atoms with E-state index in [1.807, 2.05) is 13.0 Å². The molecule has 1 unspecified atom stereocenters. The van der Waals surface area contributed by atoms with E-state index in [1.165, 1.54) is 6.07 Å². The number of alkyl halides is 3. The van der Waals surface area contributed by atoms with Crippen LogP contribution >= 0.6 is 0 Å². The Bertz CT molecular complexity index is 730. The molecule has 0 amide bonds. The third-order valence-corrected chi connectivity index (χ3v) is 4.03. The van der Waals surface area contributed by atoms with Gasteiger partial charge in [0.1, 0.15) is 6.10 Å². The molecule has 1 N–H and O–H groups in total. The molecule has 1 atom stereocenters. The second-order valence-electron chi connectivity index (χ2n) is 5.55.